The molecule has 0 aliphatic heterocycles. The molecule has 0 aromatic heterocycles. The van der Waals surface area contributed by atoms with E-state index in [2.05, 4.69) is 5.32 Å². The molecule has 4 nitrogen and oxygen atoms in total. The topological polar surface area (TPSA) is 58.6 Å². The highest BCUT2D eigenvalue weighted by molar-refractivity contribution is 6.30. The first-order valence-corrected chi connectivity index (χ1v) is 6.75. The van der Waals surface area contributed by atoms with Gasteiger partial charge in [0, 0.05) is 23.7 Å². The maximum atomic E-state index is 11.8. The average Bonchev–Trinajstić information content (AvgIpc) is 2.39. The summed E-state index contributed by atoms with van der Waals surface area (Å²) in [7, 11) is 1.57. The molecule has 106 valence electrons. The van der Waals surface area contributed by atoms with Crippen LogP contribution in [-0.4, -0.2) is 31.3 Å². The highest BCUT2D eigenvalue weighted by Crippen LogP contribution is 2.22. The Bertz CT molecular complexity index is 410. The number of hydrogen-bond donors (Lipinski definition) is 2. The van der Waals surface area contributed by atoms with Crippen molar-refractivity contribution in [3.63, 3.8) is 0 Å². The summed E-state index contributed by atoms with van der Waals surface area (Å²) >= 11 is 5.91. The van der Waals surface area contributed by atoms with Crippen LogP contribution in [-0.2, 0) is 11.2 Å². The van der Waals surface area contributed by atoms with Crippen LogP contribution in [0.15, 0.2) is 18.2 Å². The Labute approximate surface area is 118 Å². The Balaban J connectivity index is 2.41. The number of amides is 1. The van der Waals surface area contributed by atoms with E-state index in [-0.39, 0.29) is 18.9 Å². The van der Waals surface area contributed by atoms with E-state index in [1.54, 1.807) is 25.3 Å². The third-order valence-corrected chi connectivity index (χ3v) is 2.99. The maximum Gasteiger partial charge on any atom is 0.224 e. The second-order valence-electron chi connectivity index (χ2n) is 4.27. The molecule has 0 aliphatic carbocycles. The molecule has 0 bridgehead atoms. The quantitative estimate of drug-likeness (QED) is 0.720. The van der Waals surface area contributed by atoms with Crippen LogP contribution in [0.25, 0.3) is 0 Å². The van der Waals surface area contributed by atoms with Gasteiger partial charge in [-0.15, -0.1) is 0 Å². The van der Waals surface area contributed by atoms with Gasteiger partial charge in [-0.1, -0.05) is 11.6 Å². The molecule has 0 fully saturated rings. The van der Waals surface area contributed by atoms with Crippen LogP contribution in [0.4, 0.5) is 0 Å². The summed E-state index contributed by atoms with van der Waals surface area (Å²) in [5.41, 5.74) is 0.780. The molecule has 0 saturated heterocycles. The summed E-state index contributed by atoms with van der Waals surface area (Å²) in [6.07, 6.45) is 2.82. The molecule has 0 atom stereocenters. The summed E-state index contributed by atoms with van der Waals surface area (Å²) in [4.78, 5) is 11.8. The number of nitrogens with one attached hydrogen (secondary N) is 1. The lowest BCUT2D eigenvalue weighted by Crippen LogP contribution is -2.26. The van der Waals surface area contributed by atoms with Gasteiger partial charge in [0.05, 0.1) is 13.5 Å². The van der Waals surface area contributed by atoms with Gasteiger partial charge in [-0.3, -0.25) is 4.79 Å². The van der Waals surface area contributed by atoms with Crippen molar-refractivity contribution in [1.29, 1.82) is 0 Å². The zero-order valence-electron chi connectivity index (χ0n) is 11.1. The molecule has 1 rings (SSSR count). The Morgan fingerprint density at radius 1 is 1.37 bits per heavy atom. The first-order valence-electron chi connectivity index (χ1n) is 6.37. The summed E-state index contributed by atoms with van der Waals surface area (Å²) in [5.74, 6) is 0.615. The lowest BCUT2D eigenvalue weighted by atomic mass is 10.1. The van der Waals surface area contributed by atoms with Gasteiger partial charge < -0.3 is 15.2 Å². The van der Waals surface area contributed by atoms with Crippen LogP contribution in [0.5, 0.6) is 5.75 Å². The van der Waals surface area contributed by atoms with Gasteiger partial charge in [-0.25, -0.2) is 0 Å². The fourth-order valence-electron chi connectivity index (χ4n) is 1.76. The fourth-order valence-corrected chi connectivity index (χ4v) is 1.96. The van der Waals surface area contributed by atoms with Gasteiger partial charge in [-0.2, -0.15) is 0 Å². The van der Waals surface area contributed by atoms with E-state index in [0.717, 1.165) is 24.8 Å². The number of hydrogen-bond acceptors (Lipinski definition) is 3. The molecule has 1 aromatic rings. The number of aliphatic hydroxyl groups is 1. The maximum absolute atomic E-state index is 11.8. The standard InChI is InChI=1S/C14H20ClNO3/c1-19-13-6-5-12(15)9-11(13)10-14(18)16-7-3-2-4-8-17/h5-6,9,17H,2-4,7-8,10H2,1H3,(H,16,18). The third-order valence-electron chi connectivity index (χ3n) is 2.75. The van der Waals surface area contributed by atoms with Gasteiger partial charge in [0.1, 0.15) is 5.75 Å². The van der Waals surface area contributed by atoms with Crippen LogP contribution in [0.3, 0.4) is 0 Å². The number of ether oxygens (including phenoxy) is 1. The molecule has 1 amide bonds. The molecule has 0 heterocycles. The SMILES string of the molecule is COc1ccc(Cl)cc1CC(=O)NCCCCCO. The highest BCUT2D eigenvalue weighted by atomic mass is 35.5. The molecule has 5 heteroatoms. The number of carbonyl (C=O) groups is 1. The van der Waals surface area contributed by atoms with E-state index in [9.17, 15) is 4.79 Å². The van der Waals surface area contributed by atoms with Crippen LogP contribution < -0.4 is 10.1 Å². The minimum atomic E-state index is -0.0513. The minimum Gasteiger partial charge on any atom is -0.496 e. The van der Waals surface area contributed by atoms with Gasteiger partial charge in [0.15, 0.2) is 0 Å². The molecular formula is C14H20ClNO3. The Morgan fingerprint density at radius 2 is 2.16 bits per heavy atom. The predicted molar refractivity (Wildman–Crippen MR) is 75.7 cm³/mol. The Kier molecular flexibility index (Phi) is 7.30. The van der Waals surface area contributed by atoms with E-state index in [1.807, 2.05) is 0 Å². The number of aliphatic hydroxyl groups excluding tert-OH is 1. The van der Waals surface area contributed by atoms with Crippen LogP contribution in [0.2, 0.25) is 5.02 Å². The molecule has 19 heavy (non-hydrogen) atoms. The van der Waals surface area contributed by atoms with Gasteiger partial charge in [0.2, 0.25) is 5.91 Å². The number of methoxy groups -OCH3 is 1. The monoisotopic (exact) mass is 285 g/mol. The van der Waals surface area contributed by atoms with E-state index in [0.29, 0.717) is 17.3 Å². The van der Waals surface area contributed by atoms with Gasteiger partial charge in [-0.05, 0) is 37.5 Å². The summed E-state index contributed by atoms with van der Waals surface area (Å²) in [5, 5.41) is 12.1. The van der Waals surface area contributed by atoms with Gasteiger partial charge >= 0.3 is 0 Å². The first kappa shape index (κ1) is 15.8. The molecular weight excluding hydrogens is 266 g/mol. The average molecular weight is 286 g/mol. The number of benzene rings is 1. The highest BCUT2D eigenvalue weighted by Gasteiger charge is 2.09. The van der Waals surface area contributed by atoms with Crippen LogP contribution in [0, 0.1) is 0 Å². The zero-order chi connectivity index (χ0) is 14.1. The van der Waals surface area contributed by atoms with E-state index < -0.39 is 0 Å². The van der Waals surface area contributed by atoms with Crippen LogP contribution in [0.1, 0.15) is 24.8 Å². The van der Waals surface area contributed by atoms with Crippen molar-refractivity contribution in [2.45, 2.75) is 25.7 Å². The summed E-state index contributed by atoms with van der Waals surface area (Å²) in [6, 6.07) is 5.23. The molecule has 0 spiro atoms. The summed E-state index contributed by atoms with van der Waals surface area (Å²) in [6.45, 7) is 0.829. The Morgan fingerprint density at radius 3 is 2.84 bits per heavy atom. The minimum absolute atomic E-state index is 0.0513. The molecule has 2 N–H and O–H groups in total. The van der Waals surface area contributed by atoms with E-state index >= 15 is 0 Å². The van der Waals surface area contributed by atoms with Crippen molar-refractivity contribution in [3.8, 4) is 5.75 Å². The van der Waals surface area contributed by atoms with Crippen molar-refractivity contribution >= 4 is 17.5 Å². The van der Waals surface area contributed by atoms with Crippen molar-refractivity contribution in [1.82, 2.24) is 5.32 Å². The van der Waals surface area contributed by atoms with Crippen molar-refractivity contribution in [2.75, 3.05) is 20.3 Å². The Hall–Kier alpha value is -1.26. The van der Waals surface area contributed by atoms with Crippen molar-refractivity contribution < 1.29 is 14.6 Å². The number of halogens is 1. The van der Waals surface area contributed by atoms with Crippen molar-refractivity contribution in [3.05, 3.63) is 28.8 Å². The normalized spacial score (nSPS) is 10.3. The van der Waals surface area contributed by atoms with Crippen molar-refractivity contribution in [2.24, 2.45) is 0 Å². The molecule has 0 saturated carbocycles. The van der Waals surface area contributed by atoms with Gasteiger partial charge in [0.25, 0.3) is 0 Å². The smallest absolute Gasteiger partial charge is 0.224 e. The molecule has 0 radical (unpaired) electrons. The third kappa shape index (κ3) is 5.94. The largest absolute Gasteiger partial charge is 0.496 e. The predicted octanol–water partition coefficient (Wildman–Crippen LogP) is 2.17. The van der Waals surface area contributed by atoms with Crippen LogP contribution >= 0.6 is 11.6 Å². The second kappa shape index (κ2) is 8.77. The second-order valence-corrected chi connectivity index (χ2v) is 4.70. The number of rotatable bonds is 8. The van der Waals surface area contributed by atoms with E-state index in [1.165, 1.54) is 0 Å². The number of unbranched alkanes of at least 4 members (excludes halogenated alkanes) is 2. The van der Waals surface area contributed by atoms with E-state index in [4.69, 9.17) is 21.4 Å². The molecule has 0 unspecified atom stereocenters. The number of carbonyl (C=O) groups excluding carboxylic acids is 1. The fraction of sp³-hybridized carbons (Fsp3) is 0.500. The molecule has 0 aliphatic rings. The molecule has 1 aromatic carbocycles. The zero-order valence-corrected chi connectivity index (χ0v) is 11.9. The first-order chi connectivity index (χ1) is 9.17. The lowest BCUT2D eigenvalue weighted by molar-refractivity contribution is -0.120. The summed E-state index contributed by atoms with van der Waals surface area (Å²) < 4.78 is 5.19. The lowest BCUT2D eigenvalue weighted by Gasteiger charge is -2.09.